The highest BCUT2D eigenvalue weighted by molar-refractivity contribution is 5.92. The lowest BCUT2D eigenvalue weighted by Gasteiger charge is -2.14. The Hall–Kier alpha value is -1.70. The van der Waals surface area contributed by atoms with Crippen LogP contribution < -0.4 is 4.74 Å². The number of unbranched alkanes of at least 4 members (excludes halogenated alkanes) is 1. The minimum absolute atomic E-state index is 0.379. The van der Waals surface area contributed by atoms with Gasteiger partial charge in [0, 0.05) is 0 Å². The average Bonchev–Trinajstić information content (AvgIpc) is 2.41. The molecule has 0 aliphatic carbocycles. The van der Waals surface area contributed by atoms with Gasteiger partial charge in [0.1, 0.15) is 11.5 Å². The van der Waals surface area contributed by atoms with Crippen molar-refractivity contribution in [2.75, 3.05) is 7.11 Å². The minimum atomic E-state index is 0.379. The van der Waals surface area contributed by atoms with Crippen LogP contribution in [0, 0.1) is 13.8 Å². The number of hydrogen-bond acceptors (Lipinski definition) is 2. The second-order valence-corrected chi connectivity index (χ2v) is 5.15. The number of aromatic hydroxyl groups is 1. The third-order valence-electron chi connectivity index (χ3n) is 3.78. The molecule has 0 amide bonds. The van der Waals surface area contributed by atoms with Crippen LogP contribution in [0.25, 0.3) is 10.8 Å². The summed E-state index contributed by atoms with van der Waals surface area (Å²) in [4.78, 5) is 0. The van der Waals surface area contributed by atoms with Crippen LogP contribution in [0.5, 0.6) is 11.5 Å². The maximum absolute atomic E-state index is 10.1. The van der Waals surface area contributed by atoms with Crippen LogP contribution >= 0.6 is 0 Å². The van der Waals surface area contributed by atoms with E-state index in [2.05, 4.69) is 19.9 Å². The van der Waals surface area contributed by atoms with Crippen molar-refractivity contribution in [3.05, 3.63) is 34.9 Å². The van der Waals surface area contributed by atoms with Crippen LogP contribution in [0.2, 0.25) is 0 Å². The SMILES string of the molecule is CCCCc1cc(O)c(C)c2cc(OC)c(C)cc12. The van der Waals surface area contributed by atoms with Crippen molar-refractivity contribution in [2.45, 2.75) is 40.0 Å². The normalized spacial score (nSPS) is 10.9. The molecule has 0 fully saturated rings. The Balaban J connectivity index is 2.70. The Labute approximate surface area is 115 Å². The zero-order valence-electron chi connectivity index (χ0n) is 12.2. The van der Waals surface area contributed by atoms with E-state index in [1.807, 2.05) is 19.1 Å². The predicted octanol–water partition coefficient (Wildman–Crippen LogP) is 4.51. The Bertz CT molecular complexity index is 600. The largest absolute Gasteiger partial charge is 0.508 e. The number of hydrogen-bond donors (Lipinski definition) is 1. The molecule has 2 aromatic carbocycles. The molecule has 0 bridgehead atoms. The van der Waals surface area contributed by atoms with Gasteiger partial charge in [-0.1, -0.05) is 13.3 Å². The van der Waals surface area contributed by atoms with Gasteiger partial charge in [-0.2, -0.15) is 0 Å². The third-order valence-corrected chi connectivity index (χ3v) is 3.78. The van der Waals surface area contributed by atoms with Crippen molar-refractivity contribution >= 4 is 10.8 Å². The summed E-state index contributed by atoms with van der Waals surface area (Å²) in [5.74, 6) is 1.26. The second kappa shape index (κ2) is 5.52. The minimum Gasteiger partial charge on any atom is -0.508 e. The van der Waals surface area contributed by atoms with Gasteiger partial charge in [0.25, 0.3) is 0 Å². The van der Waals surface area contributed by atoms with E-state index in [9.17, 15) is 5.11 Å². The summed E-state index contributed by atoms with van der Waals surface area (Å²) < 4.78 is 5.39. The fraction of sp³-hybridized carbons (Fsp3) is 0.412. The molecule has 2 rings (SSSR count). The van der Waals surface area contributed by atoms with Crippen molar-refractivity contribution < 1.29 is 9.84 Å². The Morgan fingerprint density at radius 3 is 2.47 bits per heavy atom. The van der Waals surface area contributed by atoms with Crippen molar-refractivity contribution in [1.82, 2.24) is 0 Å². The Morgan fingerprint density at radius 2 is 1.84 bits per heavy atom. The highest BCUT2D eigenvalue weighted by Crippen LogP contribution is 2.35. The molecule has 2 nitrogen and oxygen atoms in total. The van der Waals surface area contributed by atoms with Crippen LogP contribution in [0.3, 0.4) is 0 Å². The smallest absolute Gasteiger partial charge is 0.122 e. The number of rotatable bonds is 4. The number of aryl methyl sites for hydroxylation is 3. The fourth-order valence-electron chi connectivity index (χ4n) is 2.55. The van der Waals surface area contributed by atoms with Gasteiger partial charge in [-0.15, -0.1) is 0 Å². The molecule has 0 aliphatic heterocycles. The zero-order valence-corrected chi connectivity index (χ0v) is 12.2. The summed E-state index contributed by atoms with van der Waals surface area (Å²) in [6.45, 7) is 6.20. The maximum Gasteiger partial charge on any atom is 0.122 e. The van der Waals surface area contributed by atoms with Gasteiger partial charge in [0.05, 0.1) is 7.11 Å². The van der Waals surface area contributed by atoms with E-state index in [1.165, 1.54) is 10.9 Å². The molecule has 0 saturated heterocycles. The summed E-state index contributed by atoms with van der Waals surface area (Å²) >= 11 is 0. The second-order valence-electron chi connectivity index (χ2n) is 5.15. The molecule has 0 saturated carbocycles. The van der Waals surface area contributed by atoms with Gasteiger partial charge in [-0.3, -0.25) is 0 Å². The van der Waals surface area contributed by atoms with Crippen LogP contribution in [-0.2, 0) is 6.42 Å². The summed E-state index contributed by atoms with van der Waals surface area (Å²) in [7, 11) is 1.68. The lowest BCUT2D eigenvalue weighted by atomic mass is 9.94. The van der Waals surface area contributed by atoms with Gasteiger partial charge >= 0.3 is 0 Å². The molecule has 0 spiro atoms. The molecule has 0 aromatic heterocycles. The molecule has 2 aromatic rings. The molecular weight excluding hydrogens is 236 g/mol. The van der Waals surface area contributed by atoms with Gasteiger partial charge in [0.2, 0.25) is 0 Å². The number of phenols is 1. The highest BCUT2D eigenvalue weighted by Gasteiger charge is 2.11. The van der Waals surface area contributed by atoms with E-state index in [-0.39, 0.29) is 0 Å². The number of fused-ring (bicyclic) bond motifs is 1. The quantitative estimate of drug-likeness (QED) is 0.874. The first-order valence-corrected chi connectivity index (χ1v) is 6.88. The van der Waals surface area contributed by atoms with Gasteiger partial charge in [0.15, 0.2) is 0 Å². The molecule has 19 heavy (non-hydrogen) atoms. The number of methoxy groups -OCH3 is 1. The van der Waals surface area contributed by atoms with E-state index in [4.69, 9.17) is 4.74 Å². The van der Waals surface area contributed by atoms with Crippen molar-refractivity contribution in [3.63, 3.8) is 0 Å². The predicted molar refractivity (Wildman–Crippen MR) is 80.3 cm³/mol. The van der Waals surface area contributed by atoms with Crippen LogP contribution in [0.15, 0.2) is 18.2 Å². The van der Waals surface area contributed by atoms with E-state index in [0.29, 0.717) is 5.75 Å². The molecule has 0 aliphatic rings. The lowest BCUT2D eigenvalue weighted by molar-refractivity contribution is 0.412. The number of benzene rings is 2. The molecule has 1 N–H and O–H groups in total. The molecule has 0 radical (unpaired) electrons. The topological polar surface area (TPSA) is 29.5 Å². The number of ether oxygens (including phenoxy) is 1. The standard InChI is InChI=1S/C17H22O2/c1-5-6-7-13-9-16(18)12(3)14-10-17(19-4)11(2)8-15(13)14/h8-10,18H,5-7H2,1-4H3. The highest BCUT2D eigenvalue weighted by atomic mass is 16.5. The van der Waals surface area contributed by atoms with Crippen molar-refractivity contribution in [1.29, 1.82) is 0 Å². The third kappa shape index (κ3) is 2.53. The Morgan fingerprint density at radius 1 is 1.11 bits per heavy atom. The summed E-state index contributed by atoms with van der Waals surface area (Å²) in [5, 5.41) is 12.4. The lowest BCUT2D eigenvalue weighted by Crippen LogP contribution is -1.94. The first-order valence-electron chi connectivity index (χ1n) is 6.88. The van der Waals surface area contributed by atoms with E-state index >= 15 is 0 Å². The first kappa shape index (κ1) is 13.7. The summed E-state index contributed by atoms with van der Waals surface area (Å²) in [5.41, 5.74) is 3.29. The van der Waals surface area contributed by atoms with Crippen molar-refractivity contribution in [2.24, 2.45) is 0 Å². The van der Waals surface area contributed by atoms with Crippen LogP contribution in [0.1, 0.15) is 36.5 Å². The summed E-state index contributed by atoms with van der Waals surface area (Å²) in [6, 6.07) is 6.13. The molecule has 102 valence electrons. The van der Waals surface area contributed by atoms with E-state index in [1.54, 1.807) is 7.11 Å². The van der Waals surface area contributed by atoms with Crippen LogP contribution in [0.4, 0.5) is 0 Å². The molecule has 2 heteroatoms. The zero-order chi connectivity index (χ0) is 14.0. The molecule has 0 unspecified atom stereocenters. The maximum atomic E-state index is 10.1. The van der Waals surface area contributed by atoms with E-state index in [0.717, 1.165) is 41.5 Å². The van der Waals surface area contributed by atoms with Gasteiger partial charge < -0.3 is 9.84 Å². The summed E-state index contributed by atoms with van der Waals surface area (Å²) in [6.07, 6.45) is 3.31. The molecule has 0 atom stereocenters. The van der Waals surface area contributed by atoms with Crippen LogP contribution in [-0.4, -0.2) is 12.2 Å². The van der Waals surface area contributed by atoms with E-state index < -0.39 is 0 Å². The van der Waals surface area contributed by atoms with Crippen molar-refractivity contribution in [3.8, 4) is 11.5 Å². The molecular formula is C17H22O2. The average molecular weight is 258 g/mol. The van der Waals surface area contributed by atoms with Gasteiger partial charge in [-0.05, 0) is 72.4 Å². The molecule has 0 heterocycles. The van der Waals surface area contributed by atoms with Gasteiger partial charge in [-0.25, -0.2) is 0 Å². The number of phenolic OH excluding ortho intramolecular Hbond substituents is 1. The fourth-order valence-corrected chi connectivity index (χ4v) is 2.55. The first-order chi connectivity index (χ1) is 9.08. The monoisotopic (exact) mass is 258 g/mol. The Kier molecular flexibility index (Phi) is 3.98.